The van der Waals surface area contributed by atoms with E-state index in [-0.39, 0.29) is 0 Å². The fourth-order valence-corrected chi connectivity index (χ4v) is 1.03. The van der Waals surface area contributed by atoms with Gasteiger partial charge in [-0.25, -0.2) is 5.84 Å². The molecule has 5 nitrogen and oxygen atoms in total. The van der Waals surface area contributed by atoms with E-state index in [4.69, 9.17) is 10.6 Å². The number of rotatable bonds is 7. The predicted octanol–water partition coefficient (Wildman–Crippen LogP) is 0.478. The summed E-state index contributed by atoms with van der Waals surface area (Å²) in [6.07, 6.45) is 2.02. The Kier molecular flexibility index (Phi) is 9.21. The van der Waals surface area contributed by atoms with Crippen LogP contribution in [0.1, 0.15) is 26.7 Å². The van der Waals surface area contributed by atoms with Gasteiger partial charge in [-0.15, -0.1) is 0 Å². The van der Waals surface area contributed by atoms with Crippen molar-refractivity contribution in [2.24, 2.45) is 16.8 Å². The van der Waals surface area contributed by atoms with Crippen LogP contribution in [0.25, 0.3) is 0 Å². The predicted molar refractivity (Wildman–Crippen MR) is 63.6 cm³/mol. The Labute approximate surface area is 92.4 Å². The van der Waals surface area contributed by atoms with E-state index in [1.165, 1.54) is 0 Å². The molecule has 0 aromatic heterocycles. The summed E-state index contributed by atoms with van der Waals surface area (Å²) >= 11 is 0. The monoisotopic (exact) mass is 216 g/mol. The third-order valence-corrected chi connectivity index (χ3v) is 1.93. The molecule has 0 radical (unpaired) electrons. The molecule has 0 saturated heterocycles. The first-order valence-electron chi connectivity index (χ1n) is 5.44. The van der Waals surface area contributed by atoms with Crippen LogP contribution in [0.5, 0.6) is 0 Å². The van der Waals surface area contributed by atoms with Crippen LogP contribution >= 0.6 is 0 Å². The Bertz CT molecular complexity index is 171. The second-order valence-electron chi connectivity index (χ2n) is 3.83. The topological polar surface area (TPSA) is 71.7 Å². The molecule has 15 heavy (non-hydrogen) atoms. The van der Waals surface area contributed by atoms with Gasteiger partial charge >= 0.3 is 0 Å². The zero-order valence-corrected chi connectivity index (χ0v) is 10.0. The highest BCUT2D eigenvalue weighted by Crippen LogP contribution is 1.95. The smallest absolute Gasteiger partial charge is 0.205 e. The lowest BCUT2D eigenvalue weighted by Crippen LogP contribution is -2.42. The van der Waals surface area contributed by atoms with Crippen LogP contribution in [-0.4, -0.2) is 32.8 Å². The first-order chi connectivity index (χ1) is 7.20. The Morgan fingerprint density at radius 2 is 2.20 bits per heavy atom. The number of nitrogens with two attached hydrogens (primary N) is 1. The van der Waals surface area contributed by atoms with Crippen LogP contribution < -0.4 is 16.6 Å². The first-order valence-corrected chi connectivity index (χ1v) is 5.44. The summed E-state index contributed by atoms with van der Waals surface area (Å²) in [4.78, 5) is 4.27. The Morgan fingerprint density at radius 1 is 1.47 bits per heavy atom. The van der Waals surface area contributed by atoms with Crippen LogP contribution in [0.2, 0.25) is 0 Å². The lowest BCUT2D eigenvalue weighted by Gasteiger charge is -2.10. The van der Waals surface area contributed by atoms with E-state index in [9.17, 15) is 0 Å². The number of ether oxygens (including phenoxy) is 1. The molecule has 0 atom stereocenters. The third kappa shape index (κ3) is 9.49. The molecule has 0 aromatic carbocycles. The molecule has 0 heterocycles. The van der Waals surface area contributed by atoms with Gasteiger partial charge in [-0.2, -0.15) is 0 Å². The molecule has 0 saturated carbocycles. The summed E-state index contributed by atoms with van der Waals surface area (Å²) in [5.74, 6) is 6.67. The van der Waals surface area contributed by atoms with Gasteiger partial charge in [0.25, 0.3) is 0 Å². The second kappa shape index (κ2) is 9.73. The number of hydrogen-bond acceptors (Lipinski definition) is 3. The maximum absolute atomic E-state index is 5.33. The fraction of sp³-hybridized carbons (Fsp3) is 0.900. The zero-order valence-electron chi connectivity index (χ0n) is 10.0. The van der Waals surface area contributed by atoms with Gasteiger partial charge in [0.15, 0.2) is 0 Å². The number of guanidine groups is 1. The molecule has 90 valence electrons. The fourth-order valence-electron chi connectivity index (χ4n) is 1.03. The number of hydrogen-bond donors (Lipinski definition) is 3. The molecule has 0 bridgehead atoms. The molecule has 0 aliphatic heterocycles. The summed E-state index contributed by atoms with van der Waals surface area (Å²) in [6.45, 7) is 6.72. The number of aliphatic imine (C=N–C) groups is 1. The van der Waals surface area contributed by atoms with Crippen molar-refractivity contribution in [2.75, 3.05) is 26.8 Å². The van der Waals surface area contributed by atoms with Crippen molar-refractivity contribution in [3.63, 3.8) is 0 Å². The van der Waals surface area contributed by atoms with Gasteiger partial charge in [0.05, 0.1) is 0 Å². The highest BCUT2D eigenvalue weighted by Gasteiger charge is 1.96. The number of methoxy groups -OCH3 is 1. The van der Waals surface area contributed by atoms with E-state index in [0.29, 0.717) is 11.9 Å². The highest BCUT2D eigenvalue weighted by molar-refractivity contribution is 5.79. The van der Waals surface area contributed by atoms with Crippen molar-refractivity contribution >= 4 is 5.96 Å². The van der Waals surface area contributed by atoms with Crippen molar-refractivity contribution in [1.82, 2.24) is 10.7 Å². The Morgan fingerprint density at radius 3 is 2.73 bits per heavy atom. The number of hydrazine groups is 1. The van der Waals surface area contributed by atoms with Gasteiger partial charge in [0, 0.05) is 26.8 Å². The highest BCUT2D eigenvalue weighted by atomic mass is 16.5. The van der Waals surface area contributed by atoms with Crippen molar-refractivity contribution < 1.29 is 4.74 Å². The molecule has 5 heteroatoms. The quantitative estimate of drug-likeness (QED) is 0.190. The molecule has 0 rings (SSSR count). The van der Waals surface area contributed by atoms with Crippen LogP contribution in [0.15, 0.2) is 4.99 Å². The van der Waals surface area contributed by atoms with E-state index >= 15 is 0 Å². The number of nitrogens with zero attached hydrogens (tertiary/aromatic N) is 1. The molecule has 0 aliphatic carbocycles. The lowest BCUT2D eigenvalue weighted by molar-refractivity contribution is 0.197. The standard InChI is InChI=1S/C10H24N4O/c1-9(2)5-7-13-10(14-11)12-6-4-8-15-3/h9H,4-8,11H2,1-3H3,(H2,12,13,14). The van der Waals surface area contributed by atoms with Crippen molar-refractivity contribution in [3.05, 3.63) is 0 Å². The molecular formula is C10H24N4O. The SMILES string of the molecule is COCCCN=C(NN)NCCC(C)C. The Balaban J connectivity index is 3.60. The third-order valence-electron chi connectivity index (χ3n) is 1.93. The van der Waals surface area contributed by atoms with Crippen LogP contribution in [0.4, 0.5) is 0 Å². The van der Waals surface area contributed by atoms with Gasteiger partial charge in [0.1, 0.15) is 0 Å². The van der Waals surface area contributed by atoms with Gasteiger partial charge in [-0.3, -0.25) is 10.4 Å². The molecular weight excluding hydrogens is 192 g/mol. The maximum Gasteiger partial charge on any atom is 0.205 e. The summed E-state index contributed by atoms with van der Waals surface area (Å²) in [5.41, 5.74) is 2.55. The molecule has 0 aliphatic rings. The molecule has 4 N–H and O–H groups in total. The van der Waals surface area contributed by atoms with E-state index in [1.807, 2.05) is 0 Å². The summed E-state index contributed by atoms with van der Waals surface area (Å²) in [5, 5.41) is 3.15. The van der Waals surface area contributed by atoms with Gasteiger partial charge in [-0.1, -0.05) is 13.8 Å². The van der Waals surface area contributed by atoms with E-state index < -0.39 is 0 Å². The van der Waals surface area contributed by atoms with Crippen molar-refractivity contribution in [1.29, 1.82) is 0 Å². The van der Waals surface area contributed by atoms with E-state index in [1.54, 1.807) is 7.11 Å². The molecule has 0 aromatic rings. The maximum atomic E-state index is 5.33. The minimum Gasteiger partial charge on any atom is -0.385 e. The average molecular weight is 216 g/mol. The second-order valence-corrected chi connectivity index (χ2v) is 3.83. The van der Waals surface area contributed by atoms with Crippen LogP contribution in [0, 0.1) is 5.92 Å². The van der Waals surface area contributed by atoms with Crippen molar-refractivity contribution in [2.45, 2.75) is 26.7 Å². The molecule has 0 fully saturated rings. The number of nitrogens with one attached hydrogen (secondary N) is 2. The summed E-state index contributed by atoms with van der Waals surface area (Å²) < 4.78 is 4.93. The molecule has 0 spiro atoms. The van der Waals surface area contributed by atoms with Gasteiger partial charge in [-0.05, 0) is 18.8 Å². The van der Waals surface area contributed by atoms with E-state index in [0.717, 1.165) is 32.5 Å². The van der Waals surface area contributed by atoms with Crippen LogP contribution in [0.3, 0.4) is 0 Å². The van der Waals surface area contributed by atoms with E-state index in [2.05, 4.69) is 29.6 Å². The first kappa shape index (κ1) is 14.2. The summed E-state index contributed by atoms with van der Waals surface area (Å²) in [6, 6.07) is 0. The minimum absolute atomic E-state index is 0.659. The minimum atomic E-state index is 0.659. The molecule has 0 amide bonds. The van der Waals surface area contributed by atoms with Gasteiger partial charge in [0.2, 0.25) is 5.96 Å². The van der Waals surface area contributed by atoms with Crippen molar-refractivity contribution in [3.8, 4) is 0 Å². The summed E-state index contributed by atoms with van der Waals surface area (Å²) in [7, 11) is 1.69. The Hall–Kier alpha value is -0.810. The lowest BCUT2D eigenvalue weighted by atomic mass is 10.1. The van der Waals surface area contributed by atoms with Gasteiger partial charge < -0.3 is 10.1 Å². The zero-order chi connectivity index (χ0) is 11.5. The molecule has 0 unspecified atom stereocenters. The largest absolute Gasteiger partial charge is 0.385 e. The normalized spacial score (nSPS) is 11.9. The average Bonchev–Trinajstić information content (AvgIpc) is 2.21. The van der Waals surface area contributed by atoms with Crippen LogP contribution in [-0.2, 0) is 4.74 Å².